The Morgan fingerprint density at radius 2 is 1.89 bits per heavy atom. The number of sulfonamides is 1. The molecule has 2 rings (SSSR count). The van der Waals surface area contributed by atoms with E-state index in [1.54, 1.807) is 4.31 Å². The van der Waals surface area contributed by atoms with Crippen molar-refractivity contribution in [1.82, 2.24) is 4.31 Å². The number of methoxy groups -OCH3 is 1. The summed E-state index contributed by atoms with van der Waals surface area (Å²) in [4.78, 5) is 11.1. The number of ether oxygens (including phenoxy) is 1. The molecule has 1 saturated carbocycles. The first-order chi connectivity index (χ1) is 9.03. The van der Waals surface area contributed by atoms with Gasteiger partial charge >= 0.3 is 5.97 Å². The number of nitrogens with zero attached hydrogens (tertiary/aromatic N) is 1. The summed E-state index contributed by atoms with van der Waals surface area (Å²) in [6, 6.07) is 0. The summed E-state index contributed by atoms with van der Waals surface area (Å²) >= 11 is 0. The third-order valence-corrected chi connectivity index (χ3v) is 6.28. The zero-order valence-corrected chi connectivity index (χ0v) is 12.3. The molecular formula is C13H23NO4S. The molecule has 5 nitrogen and oxygen atoms in total. The molecule has 0 N–H and O–H groups in total. The Balaban J connectivity index is 1.92. The Morgan fingerprint density at radius 1 is 1.21 bits per heavy atom. The second-order valence-electron chi connectivity index (χ2n) is 5.59. The van der Waals surface area contributed by atoms with Crippen molar-refractivity contribution >= 4 is 16.0 Å². The molecule has 0 bridgehead atoms. The molecular weight excluding hydrogens is 266 g/mol. The van der Waals surface area contributed by atoms with E-state index in [1.807, 2.05) is 0 Å². The van der Waals surface area contributed by atoms with Gasteiger partial charge in [0.2, 0.25) is 10.0 Å². The molecule has 2 unspecified atom stereocenters. The first kappa shape index (κ1) is 14.8. The number of rotatable bonds is 4. The molecule has 2 atom stereocenters. The van der Waals surface area contributed by atoms with Crippen molar-refractivity contribution in [2.24, 2.45) is 11.8 Å². The van der Waals surface area contributed by atoms with E-state index in [0.717, 1.165) is 12.8 Å². The molecule has 0 radical (unpaired) electrons. The molecule has 1 aliphatic heterocycles. The molecule has 0 amide bonds. The van der Waals surface area contributed by atoms with Gasteiger partial charge in [0.15, 0.2) is 0 Å². The highest BCUT2D eigenvalue weighted by atomic mass is 32.2. The maximum absolute atomic E-state index is 12.2. The number of carbonyl (C=O) groups excluding carboxylic acids is 1. The van der Waals surface area contributed by atoms with Crippen LogP contribution in [0.5, 0.6) is 0 Å². The predicted molar refractivity (Wildman–Crippen MR) is 72.1 cm³/mol. The van der Waals surface area contributed by atoms with Gasteiger partial charge in [-0.25, -0.2) is 12.7 Å². The van der Waals surface area contributed by atoms with Gasteiger partial charge in [0.1, 0.15) is 0 Å². The number of hydrogen-bond acceptors (Lipinski definition) is 4. The van der Waals surface area contributed by atoms with Crippen molar-refractivity contribution in [3.63, 3.8) is 0 Å². The van der Waals surface area contributed by atoms with Crippen LogP contribution in [0, 0.1) is 11.8 Å². The lowest BCUT2D eigenvalue weighted by molar-refractivity contribution is -0.140. The molecule has 0 spiro atoms. The number of esters is 1. The molecule has 110 valence electrons. The van der Waals surface area contributed by atoms with Crippen molar-refractivity contribution in [2.45, 2.75) is 38.5 Å². The molecule has 6 heteroatoms. The number of piperidine rings is 1. The first-order valence-electron chi connectivity index (χ1n) is 7.07. The number of hydrogen-bond donors (Lipinski definition) is 0. The summed E-state index contributed by atoms with van der Waals surface area (Å²) in [6.07, 6.45) is 5.83. The maximum atomic E-state index is 12.2. The summed E-state index contributed by atoms with van der Waals surface area (Å²) in [5, 5.41) is 0. The molecule has 2 aliphatic rings. The lowest BCUT2D eigenvalue weighted by Crippen LogP contribution is -2.45. The molecule has 1 saturated heterocycles. The largest absolute Gasteiger partial charge is 0.469 e. The standard InChI is InChI=1S/C13H23NO4S/c1-18-13(15)7-9-19(16,17)14-8-6-11-4-2-3-5-12(11)10-14/h11-12H,2-10H2,1H3. The van der Waals surface area contributed by atoms with E-state index in [2.05, 4.69) is 4.74 Å². The zero-order chi connectivity index (χ0) is 13.9. The fraction of sp³-hybridized carbons (Fsp3) is 0.923. The van der Waals surface area contributed by atoms with Crippen LogP contribution in [0.3, 0.4) is 0 Å². The van der Waals surface area contributed by atoms with Gasteiger partial charge in [-0.05, 0) is 24.7 Å². The SMILES string of the molecule is COC(=O)CCS(=O)(=O)N1CCC2CCCCC2C1. The van der Waals surface area contributed by atoms with Gasteiger partial charge in [-0.3, -0.25) is 4.79 Å². The molecule has 2 fully saturated rings. The van der Waals surface area contributed by atoms with Crippen molar-refractivity contribution < 1.29 is 17.9 Å². The third kappa shape index (κ3) is 3.69. The van der Waals surface area contributed by atoms with E-state index in [9.17, 15) is 13.2 Å². The van der Waals surface area contributed by atoms with Gasteiger partial charge in [0.25, 0.3) is 0 Å². The summed E-state index contributed by atoms with van der Waals surface area (Å²) in [7, 11) is -2.03. The minimum absolute atomic E-state index is 0.0522. The summed E-state index contributed by atoms with van der Waals surface area (Å²) in [6.45, 7) is 1.26. The Labute approximate surface area is 115 Å². The van der Waals surface area contributed by atoms with E-state index in [-0.39, 0.29) is 12.2 Å². The fourth-order valence-electron chi connectivity index (χ4n) is 3.26. The monoisotopic (exact) mass is 289 g/mol. The topological polar surface area (TPSA) is 63.7 Å². The van der Waals surface area contributed by atoms with Crippen molar-refractivity contribution in [3.05, 3.63) is 0 Å². The van der Waals surface area contributed by atoms with E-state index in [0.29, 0.717) is 24.9 Å². The minimum atomic E-state index is -3.31. The van der Waals surface area contributed by atoms with Crippen LogP contribution in [0.25, 0.3) is 0 Å². The fourth-order valence-corrected chi connectivity index (χ4v) is 4.75. The highest BCUT2D eigenvalue weighted by Gasteiger charge is 2.35. The van der Waals surface area contributed by atoms with Crippen molar-refractivity contribution in [3.8, 4) is 0 Å². The second-order valence-corrected chi connectivity index (χ2v) is 7.68. The molecule has 0 aromatic carbocycles. The molecule has 19 heavy (non-hydrogen) atoms. The smallest absolute Gasteiger partial charge is 0.306 e. The van der Waals surface area contributed by atoms with Gasteiger partial charge in [-0.2, -0.15) is 0 Å². The van der Waals surface area contributed by atoms with Gasteiger partial charge in [0, 0.05) is 13.1 Å². The molecule has 0 aromatic rings. The first-order valence-corrected chi connectivity index (χ1v) is 8.68. The third-order valence-electron chi connectivity index (χ3n) is 4.44. The second kappa shape index (κ2) is 6.22. The maximum Gasteiger partial charge on any atom is 0.306 e. The normalized spacial score (nSPS) is 28.7. The quantitative estimate of drug-likeness (QED) is 0.734. The average molecular weight is 289 g/mol. The minimum Gasteiger partial charge on any atom is -0.469 e. The van der Waals surface area contributed by atoms with Crippen molar-refractivity contribution in [2.75, 3.05) is 26.0 Å². The summed E-state index contributed by atoms with van der Waals surface area (Å²) < 4.78 is 30.5. The van der Waals surface area contributed by atoms with Gasteiger partial charge in [-0.15, -0.1) is 0 Å². The Morgan fingerprint density at radius 3 is 2.58 bits per heavy atom. The van der Waals surface area contributed by atoms with Crippen LogP contribution in [0.2, 0.25) is 0 Å². The zero-order valence-electron chi connectivity index (χ0n) is 11.5. The predicted octanol–water partition coefficient (Wildman–Crippen LogP) is 1.39. The van der Waals surface area contributed by atoms with Crippen LogP contribution in [0.4, 0.5) is 0 Å². The highest BCUT2D eigenvalue weighted by Crippen LogP contribution is 2.36. The van der Waals surface area contributed by atoms with E-state index in [1.165, 1.54) is 26.4 Å². The Kier molecular flexibility index (Phi) is 4.84. The average Bonchev–Trinajstić information content (AvgIpc) is 2.44. The number of fused-ring (bicyclic) bond motifs is 1. The van der Waals surface area contributed by atoms with Crippen molar-refractivity contribution in [1.29, 1.82) is 0 Å². The van der Waals surface area contributed by atoms with Crippen LogP contribution in [0.1, 0.15) is 38.5 Å². The van der Waals surface area contributed by atoms with Crippen LogP contribution in [-0.2, 0) is 19.6 Å². The highest BCUT2D eigenvalue weighted by molar-refractivity contribution is 7.89. The van der Waals surface area contributed by atoms with E-state index >= 15 is 0 Å². The van der Waals surface area contributed by atoms with Gasteiger partial charge in [0.05, 0.1) is 19.3 Å². The molecule has 1 aliphatic carbocycles. The Hall–Kier alpha value is -0.620. The van der Waals surface area contributed by atoms with Crippen LogP contribution in [0.15, 0.2) is 0 Å². The lowest BCUT2D eigenvalue weighted by Gasteiger charge is -2.40. The number of carbonyl (C=O) groups is 1. The van der Waals surface area contributed by atoms with Gasteiger partial charge in [-0.1, -0.05) is 19.3 Å². The van der Waals surface area contributed by atoms with Crippen LogP contribution in [-0.4, -0.2) is 44.6 Å². The Bertz CT molecular complexity index is 420. The summed E-state index contributed by atoms with van der Waals surface area (Å²) in [5.41, 5.74) is 0. The van der Waals surface area contributed by atoms with Crippen LogP contribution >= 0.6 is 0 Å². The summed E-state index contributed by atoms with van der Waals surface area (Å²) in [5.74, 6) is 0.643. The van der Waals surface area contributed by atoms with Gasteiger partial charge < -0.3 is 4.74 Å². The van der Waals surface area contributed by atoms with E-state index in [4.69, 9.17) is 0 Å². The van der Waals surface area contributed by atoms with Crippen LogP contribution < -0.4 is 0 Å². The molecule has 1 heterocycles. The lowest BCUT2D eigenvalue weighted by atomic mass is 9.76. The molecule has 0 aromatic heterocycles. The van der Waals surface area contributed by atoms with E-state index < -0.39 is 16.0 Å².